The first kappa shape index (κ1) is 10.2. The molecule has 2 rings (SSSR count). The van der Waals surface area contributed by atoms with E-state index in [1.165, 1.54) is 50.5 Å². The summed E-state index contributed by atoms with van der Waals surface area (Å²) in [6, 6.07) is 0.903. The number of hydrogen-bond donors (Lipinski definition) is 0. The Hall–Kier alpha value is 0.700. The minimum atomic E-state index is 0.903. The maximum atomic E-state index is 2.81. The zero-order valence-electron chi connectivity index (χ0n) is 8.11. The molecule has 2 saturated heterocycles. The lowest BCUT2D eigenvalue weighted by atomic mass is 10.1. The summed E-state index contributed by atoms with van der Waals surface area (Å²) in [5.41, 5.74) is 0. The van der Waals surface area contributed by atoms with E-state index >= 15 is 0 Å². The highest BCUT2D eigenvalue weighted by Gasteiger charge is 2.23. The molecule has 76 valence electrons. The molecule has 0 bridgehead atoms. The molecule has 0 radical (unpaired) electrons. The van der Waals surface area contributed by atoms with Gasteiger partial charge in [-0.3, -0.25) is 9.57 Å². The third-order valence-corrected chi connectivity index (χ3v) is 4.62. The minimum absolute atomic E-state index is 0.903. The highest BCUT2D eigenvalue weighted by Crippen LogP contribution is 2.22. The third kappa shape index (κ3) is 2.82. The monoisotopic (exact) mass is 218 g/mol. The first-order valence-corrected chi connectivity index (χ1v) is 6.85. The molecule has 0 amide bonds. The van der Waals surface area contributed by atoms with Gasteiger partial charge in [-0.25, -0.2) is 0 Å². The molecule has 0 aromatic carbocycles. The van der Waals surface area contributed by atoms with Gasteiger partial charge in [0, 0.05) is 32.2 Å². The number of piperazine rings is 1. The third-order valence-electron chi connectivity index (χ3n) is 3.06. The molecule has 2 fully saturated rings. The van der Waals surface area contributed by atoms with Crippen molar-refractivity contribution in [1.29, 1.82) is 0 Å². The van der Waals surface area contributed by atoms with E-state index in [1.54, 1.807) is 0 Å². The summed E-state index contributed by atoms with van der Waals surface area (Å²) < 4.78 is 2.36. The molecule has 13 heavy (non-hydrogen) atoms. The van der Waals surface area contributed by atoms with Gasteiger partial charge in [-0.15, -0.1) is 0 Å². The molecule has 4 heteroatoms. The maximum Gasteiger partial charge on any atom is 0.0145 e. The van der Waals surface area contributed by atoms with Crippen molar-refractivity contribution < 1.29 is 0 Å². The predicted octanol–water partition coefficient (Wildman–Crippen LogP) is 1.29. The Labute approximate surface area is 87.7 Å². The normalized spacial score (nSPS) is 29.3. The Balaban J connectivity index is 1.79. The van der Waals surface area contributed by atoms with Crippen LogP contribution in [0.3, 0.4) is 0 Å². The average Bonchev–Trinajstić information content (AvgIpc) is 2.20. The second kappa shape index (κ2) is 4.97. The van der Waals surface area contributed by atoms with Crippen LogP contribution in [0.15, 0.2) is 0 Å². The number of thioether (sulfide) groups is 1. The highest BCUT2D eigenvalue weighted by atomic mass is 32.2. The number of nitrogens with zero attached hydrogens (tertiary/aromatic N) is 2. The van der Waals surface area contributed by atoms with Crippen molar-refractivity contribution in [2.45, 2.75) is 18.9 Å². The van der Waals surface area contributed by atoms with Crippen LogP contribution in [0, 0.1) is 0 Å². The van der Waals surface area contributed by atoms with Crippen LogP contribution in [0.5, 0.6) is 0 Å². The molecule has 0 N–H and O–H groups in total. The van der Waals surface area contributed by atoms with Crippen LogP contribution in [-0.2, 0) is 0 Å². The standard InChI is InChI=1S/C9H19N2PS/c12-11-5-3-10(4-6-11)9-1-7-13-8-2-9/h9H,1-8,12H2. The Kier molecular flexibility index (Phi) is 3.91. The van der Waals surface area contributed by atoms with Gasteiger partial charge in [0.15, 0.2) is 0 Å². The van der Waals surface area contributed by atoms with Crippen LogP contribution < -0.4 is 0 Å². The van der Waals surface area contributed by atoms with Crippen molar-refractivity contribution in [3.05, 3.63) is 0 Å². The molecular formula is C9H19N2PS. The lowest BCUT2D eigenvalue weighted by molar-refractivity contribution is 0.134. The SMILES string of the molecule is PN1CCN(C2CCSCC2)CC1. The summed E-state index contributed by atoms with van der Waals surface area (Å²) in [7, 11) is 2.81. The van der Waals surface area contributed by atoms with Crippen LogP contribution >= 0.6 is 21.2 Å². The van der Waals surface area contributed by atoms with Crippen LogP contribution in [0.25, 0.3) is 0 Å². The smallest absolute Gasteiger partial charge is 0.0145 e. The number of hydrogen-bond acceptors (Lipinski definition) is 3. The second-order valence-electron chi connectivity index (χ2n) is 3.92. The van der Waals surface area contributed by atoms with Gasteiger partial charge < -0.3 is 0 Å². The molecule has 1 unspecified atom stereocenters. The van der Waals surface area contributed by atoms with Gasteiger partial charge in [0.1, 0.15) is 0 Å². The highest BCUT2D eigenvalue weighted by molar-refractivity contribution is 7.99. The Bertz CT molecular complexity index is 154. The van der Waals surface area contributed by atoms with Crippen molar-refractivity contribution in [2.75, 3.05) is 37.7 Å². The molecular weight excluding hydrogens is 199 g/mol. The van der Waals surface area contributed by atoms with E-state index in [0.29, 0.717) is 0 Å². The summed E-state index contributed by atoms with van der Waals surface area (Å²) in [4.78, 5) is 2.69. The van der Waals surface area contributed by atoms with Gasteiger partial charge in [0.05, 0.1) is 0 Å². The summed E-state index contributed by atoms with van der Waals surface area (Å²) in [6.07, 6.45) is 2.84. The second-order valence-corrected chi connectivity index (χ2v) is 5.87. The quantitative estimate of drug-likeness (QED) is 0.612. The van der Waals surface area contributed by atoms with E-state index < -0.39 is 0 Å². The van der Waals surface area contributed by atoms with E-state index in [0.717, 1.165) is 6.04 Å². The van der Waals surface area contributed by atoms with Crippen molar-refractivity contribution in [1.82, 2.24) is 9.57 Å². The zero-order chi connectivity index (χ0) is 9.10. The van der Waals surface area contributed by atoms with E-state index in [4.69, 9.17) is 0 Å². The van der Waals surface area contributed by atoms with Crippen molar-refractivity contribution >= 4 is 21.2 Å². The largest absolute Gasteiger partial charge is 0.298 e. The van der Waals surface area contributed by atoms with E-state index in [2.05, 4.69) is 30.7 Å². The zero-order valence-corrected chi connectivity index (χ0v) is 10.1. The van der Waals surface area contributed by atoms with Crippen molar-refractivity contribution in [3.63, 3.8) is 0 Å². The van der Waals surface area contributed by atoms with Gasteiger partial charge in [-0.2, -0.15) is 11.8 Å². The molecule has 2 heterocycles. The van der Waals surface area contributed by atoms with E-state index in [-0.39, 0.29) is 0 Å². The Morgan fingerprint density at radius 3 is 2.23 bits per heavy atom. The first-order chi connectivity index (χ1) is 6.36. The van der Waals surface area contributed by atoms with Gasteiger partial charge >= 0.3 is 0 Å². The molecule has 0 spiro atoms. The predicted molar refractivity (Wildman–Crippen MR) is 63.2 cm³/mol. The molecule has 2 aliphatic rings. The molecule has 0 aromatic rings. The van der Waals surface area contributed by atoms with Gasteiger partial charge in [0.2, 0.25) is 0 Å². The van der Waals surface area contributed by atoms with Crippen LogP contribution in [-0.4, -0.2) is 53.3 Å². The Morgan fingerprint density at radius 2 is 1.62 bits per heavy atom. The van der Waals surface area contributed by atoms with Crippen LogP contribution in [0.4, 0.5) is 0 Å². The van der Waals surface area contributed by atoms with Crippen LogP contribution in [0.1, 0.15) is 12.8 Å². The van der Waals surface area contributed by atoms with E-state index in [1.807, 2.05) is 0 Å². The van der Waals surface area contributed by atoms with E-state index in [9.17, 15) is 0 Å². The lowest BCUT2D eigenvalue weighted by Crippen LogP contribution is -2.48. The number of rotatable bonds is 1. The average molecular weight is 218 g/mol. The summed E-state index contributed by atoms with van der Waals surface area (Å²) >= 11 is 2.12. The minimum Gasteiger partial charge on any atom is -0.298 e. The van der Waals surface area contributed by atoms with Crippen molar-refractivity contribution in [3.8, 4) is 0 Å². The van der Waals surface area contributed by atoms with Crippen molar-refractivity contribution in [2.24, 2.45) is 0 Å². The summed E-state index contributed by atoms with van der Waals surface area (Å²) in [5.74, 6) is 2.76. The molecule has 2 aliphatic heterocycles. The molecule has 2 nitrogen and oxygen atoms in total. The Morgan fingerprint density at radius 1 is 1.00 bits per heavy atom. The fourth-order valence-corrected chi connectivity index (χ4v) is 3.47. The van der Waals surface area contributed by atoms with Crippen LogP contribution in [0.2, 0.25) is 0 Å². The molecule has 0 saturated carbocycles. The maximum absolute atomic E-state index is 2.81. The summed E-state index contributed by atoms with van der Waals surface area (Å²) in [5, 5.41) is 0. The molecule has 1 atom stereocenters. The topological polar surface area (TPSA) is 6.48 Å². The summed E-state index contributed by atoms with van der Waals surface area (Å²) in [6.45, 7) is 5.01. The fraction of sp³-hybridized carbons (Fsp3) is 1.00. The fourth-order valence-electron chi connectivity index (χ4n) is 2.15. The van der Waals surface area contributed by atoms with Gasteiger partial charge in [-0.05, 0) is 24.3 Å². The van der Waals surface area contributed by atoms with Gasteiger partial charge in [-0.1, -0.05) is 9.39 Å². The molecule has 0 aliphatic carbocycles. The molecule has 0 aromatic heterocycles. The first-order valence-electron chi connectivity index (χ1n) is 5.18. The van der Waals surface area contributed by atoms with Gasteiger partial charge in [0.25, 0.3) is 0 Å². The lowest BCUT2D eigenvalue weighted by Gasteiger charge is -2.39.